The fourth-order valence-electron chi connectivity index (χ4n) is 2.44. The number of anilines is 1. The van der Waals surface area contributed by atoms with Gasteiger partial charge in [-0.3, -0.25) is 0 Å². The molecule has 2 heterocycles. The highest BCUT2D eigenvalue weighted by atomic mass is 127. The molecule has 1 aromatic rings. The Hall–Kier alpha value is -0.320. The van der Waals surface area contributed by atoms with E-state index >= 15 is 0 Å². The van der Waals surface area contributed by atoms with Crippen LogP contribution in [0.5, 0.6) is 0 Å². The van der Waals surface area contributed by atoms with Gasteiger partial charge in [-0.25, -0.2) is 4.98 Å². The van der Waals surface area contributed by atoms with E-state index in [1.54, 1.807) is 0 Å². The third-order valence-corrected chi connectivity index (χ3v) is 4.46. The van der Waals surface area contributed by atoms with Crippen molar-refractivity contribution >= 4 is 28.4 Å². The second-order valence-corrected chi connectivity index (χ2v) is 6.07. The fourth-order valence-corrected chi connectivity index (χ4v) is 2.76. The van der Waals surface area contributed by atoms with Gasteiger partial charge in [0.15, 0.2) is 0 Å². The highest BCUT2D eigenvalue weighted by Gasteiger charge is 2.44. The van der Waals surface area contributed by atoms with Crippen molar-refractivity contribution in [1.82, 2.24) is 4.98 Å². The van der Waals surface area contributed by atoms with E-state index in [2.05, 4.69) is 44.6 Å². The average molecular weight is 314 g/mol. The van der Waals surface area contributed by atoms with E-state index in [4.69, 9.17) is 0 Å². The lowest BCUT2D eigenvalue weighted by Crippen LogP contribution is -2.34. The smallest absolute Gasteiger partial charge is 0.128 e. The minimum atomic E-state index is 0.764. The Morgan fingerprint density at radius 2 is 1.87 bits per heavy atom. The Balaban J connectivity index is 1.70. The van der Waals surface area contributed by atoms with Crippen LogP contribution in [-0.4, -0.2) is 18.1 Å². The molecule has 0 amide bonds. The number of hydrogen-bond acceptors (Lipinski definition) is 2. The molecule has 1 spiro atoms. The first kappa shape index (κ1) is 9.87. The molecular formula is C12H15IN2. The highest BCUT2D eigenvalue weighted by molar-refractivity contribution is 14.1. The van der Waals surface area contributed by atoms with Gasteiger partial charge in [0, 0.05) is 22.9 Å². The molecule has 1 aliphatic heterocycles. The number of rotatable bonds is 1. The summed E-state index contributed by atoms with van der Waals surface area (Å²) in [5.74, 6) is 1.16. The summed E-state index contributed by atoms with van der Waals surface area (Å²) < 4.78 is 1.21. The number of hydrogen-bond donors (Lipinski definition) is 0. The molecule has 0 atom stereocenters. The zero-order valence-corrected chi connectivity index (χ0v) is 10.9. The first-order valence-electron chi connectivity index (χ1n) is 5.64. The lowest BCUT2D eigenvalue weighted by Gasteiger charge is -2.32. The number of nitrogens with zero attached hydrogens (tertiary/aromatic N) is 2. The molecule has 3 rings (SSSR count). The molecule has 0 radical (unpaired) electrons. The first-order valence-corrected chi connectivity index (χ1v) is 6.72. The van der Waals surface area contributed by atoms with Gasteiger partial charge in [-0.1, -0.05) is 0 Å². The van der Waals surface area contributed by atoms with Gasteiger partial charge >= 0.3 is 0 Å². The Kier molecular flexibility index (Phi) is 2.38. The van der Waals surface area contributed by atoms with Crippen molar-refractivity contribution in [2.75, 3.05) is 18.0 Å². The summed E-state index contributed by atoms with van der Waals surface area (Å²) in [6, 6.07) is 4.29. The van der Waals surface area contributed by atoms with Crippen LogP contribution in [0.4, 0.5) is 5.82 Å². The van der Waals surface area contributed by atoms with Crippen molar-refractivity contribution < 1.29 is 0 Å². The van der Waals surface area contributed by atoms with E-state index in [0.29, 0.717) is 0 Å². The van der Waals surface area contributed by atoms with Crippen molar-refractivity contribution in [3.05, 3.63) is 21.9 Å². The van der Waals surface area contributed by atoms with E-state index in [0.717, 1.165) is 11.2 Å². The molecule has 2 fully saturated rings. The number of halogens is 1. The SMILES string of the molecule is Ic1ccc(N2CCC3(CC2)CC3)nc1. The van der Waals surface area contributed by atoms with Gasteiger partial charge < -0.3 is 4.90 Å². The summed E-state index contributed by atoms with van der Waals surface area (Å²) in [7, 11) is 0. The number of pyridine rings is 1. The fraction of sp³-hybridized carbons (Fsp3) is 0.583. The van der Waals surface area contributed by atoms with Crippen molar-refractivity contribution in [1.29, 1.82) is 0 Å². The van der Waals surface area contributed by atoms with Gasteiger partial charge in [0.05, 0.1) is 0 Å². The zero-order chi connectivity index (χ0) is 10.3. The molecule has 0 aromatic carbocycles. The molecule has 1 aromatic heterocycles. The molecule has 0 N–H and O–H groups in total. The van der Waals surface area contributed by atoms with Crippen LogP contribution in [0.1, 0.15) is 25.7 Å². The van der Waals surface area contributed by atoms with E-state index in [-0.39, 0.29) is 0 Å². The highest BCUT2D eigenvalue weighted by Crippen LogP contribution is 2.53. The quantitative estimate of drug-likeness (QED) is 0.741. The van der Waals surface area contributed by atoms with Crippen molar-refractivity contribution in [3.63, 3.8) is 0 Å². The molecule has 15 heavy (non-hydrogen) atoms. The molecule has 80 valence electrons. The van der Waals surface area contributed by atoms with Gasteiger partial charge in [-0.2, -0.15) is 0 Å². The van der Waals surface area contributed by atoms with Crippen LogP contribution in [0, 0.1) is 8.99 Å². The molecule has 3 heteroatoms. The van der Waals surface area contributed by atoms with Crippen LogP contribution in [0.15, 0.2) is 18.3 Å². The van der Waals surface area contributed by atoms with E-state index in [9.17, 15) is 0 Å². The van der Waals surface area contributed by atoms with E-state index in [1.165, 1.54) is 42.3 Å². The predicted molar refractivity (Wildman–Crippen MR) is 70.1 cm³/mol. The van der Waals surface area contributed by atoms with Crippen molar-refractivity contribution in [3.8, 4) is 0 Å². The van der Waals surface area contributed by atoms with E-state index in [1.807, 2.05) is 6.20 Å². The summed E-state index contributed by atoms with van der Waals surface area (Å²) in [4.78, 5) is 6.92. The summed E-state index contributed by atoms with van der Waals surface area (Å²) in [5.41, 5.74) is 0.764. The van der Waals surface area contributed by atoms with Gasteiger partial charge in [0.25, 0.3) is 0 Å². The summed E-state index contributed by atoms with van der Waals surface area (Å²) in [6.07, 6.45) is 7.65. The second-order valence-electron chi connectivity index (χ2n) is 4.82. The third-order valence-electron chi connectivity index (χ3n) is 3.82. The maximum atomic E-state index is 4.49. The maximum Gasteiger partial charge on any atom is 0.128 e. The largest absolute Gasteiger partial charge is 0.357 e. The van der Waals surface area contributed by atoms with Crippen LogP contribution >= 0.6 is 22.6 Å². The molecule has 1 saturated carbocycles. The number of piperidine rings is 1. The summed E-state index contributed by atoms with van der Waals surface area (Å²) in [6.45, 7) is 2.40. The Bertz CT molecular complexity index is 346. The van der Waals surface area contributed by atoms with Crippen molar-refractivity contribution in [2.24, 2.45) is 5.41 Å². The van der Waals surface area contributed by atoms with E-state index < -0.39 is 0 Å². The Morgan fingerprint density at radius 1 is 1.13 bits per heavy atom. The maximum absolute atomic E-state index is 4.49. The topological polar surface area (TPSA) is 16.1 Å². The standard InChI is InChI=1S/C12H15IN2/c13-10-1-2-11(14-9-10)15-7-5-12(3-4-12)6-8-15/h1-2,9H,3-8H2. The average Bonchev–Trinajstić information content (AvgIpc) is 3.01. The van der Waals surface area contributed by atoms with Crippen LogP contribution in [0.2, 0.25) is 0 Å². The first-order chi connectivity index (χ1) is 7.27. The lowest BCUT2D eigenvalue weighted by atomic mass is 9.94. The summed E-state index contributed by atoms with van der Waals surface area (Å²) >= 11 is 2.30. The molecular weight excluding hydrogens is 299 g/mol. The van der Waals surface area contributed by atoms with Crippen molar-refractivity contribution in [2.45, 2.75) is 25.7 Å². The zero-order valence-electron chi connectivity index (χ0n) is 8.75. The number of aromatic nitrogens is 1. The minimum absolute atomic E-state index is 0.764. The van der Waals surface area contributed by atoms with Gasteiger partial charge in [-0.15, -0.1) is 0 Å². The Morgan fingerprint density at radius 3 is 2.40 bits per heavy atom. The molecule has 2 nitrogen and oxygen atoms in total. The Labute approximate surface area is 104 Å². The molecule has 1 aliphatic carbocycles. The van der Waals surface area contributed by atoms with Gasteiger partial charge in [-0.05, 0) is 65.8 Å². The van der Waals surface area contributed by atoms with Crippen LogP contribution < -0.4 is 4.90 Å². The van der Waals surface area contributed by atoms with Crippen LogP contribution in [0.25, 0.3) is 0 Å². The lowest BCUT2D eigenvalue weighted by molar-refractivity contribution is 0.383. The molecule has 0 unspecified atom stereocenters. The third kappa shape index (κ3) is 1.98. The normalized spacial score (nSPS) is 23.1. The monoisotopic (exact) mass is 314 g/mol. The molecule has 0 bridgehead atoms. The minimum Gasteiger partial charge on any atom is -0.357 e. The molecule has 2 aliphatic rings. The summed E-state index contributed by atoms with van der Waals surface area (Å²) in [5, 5.41) is 0. The van der Waals surface area contributed by atoms with Gasteiger partial charge in [0.1, 0.15) is 5.82 Å². The van der Waals surface area contributed by atoms with Crippen LogP contribution in [0.3, 0.4) is 0 Å². The molecule has 1 saturated heterocycles. The second kappa shape index (κ2) is 3.61. The van der Waals surface area contributed by atoms with Gasteiger partial charge in [0.2, 0.25) is 0 Å². The predicted octanol–water partition coefficient (Wildman–Crippen LogP) is 3.07. The van der Waals surface area contributed by atoms with Crippen LogP contribution in [-0.2, 0) is 0 Å².